The van der Waals surface area contributed by atoms with E-state index in [0.29, 0.717) is 17.0 Å². The van der Waals surface area contributed by atoms with E-state index in [9.17, 15) is 9.90 Å². The maximum atomic E-state index is 11.7. The van der Waals surface area contributed by atoms with Crippen LogP contribution in [0.3, 0.4) is 0 Å². The van der Waals surface area contributed by atoms with Crippen LogP contribution in [0.15, 0.2) is 34.9 Å². The number of aryl methyl sites for hydroxylation is 1. The van der Waals surface area contributed by atoms with Gasteiger partial charge in [-0.1, -0.05) is 17.3 Å². The Kier molecular flexibility index (Phi) is 4.37. The van der Waals surface area contributed by atoms with Crippen molar-refractivity contribution in [3.05, 3.63) is 47.3 Å². The highest BCUT2D eigenvalue weighted by Crippen LogP contribution is 2.17. The summed E-state index contributed by atoms with van der Waals surface area (Å²) in [6.45, 7) is 1.82. The van der Waals surface area contributed by atoms with Crippen LogP contribution in [0.2, 0.25) is 0 Å². The Morgan fingerprint density at radius 3 is 2.70 bits per heavy atom. The highest BCUT2D eigenvalue weighted by atomic mass is 16.5. The summed E-state index contributed by atoms with van der Waals surface area (Å²) in [6.07, 6.45) is -0.797. The van der Waals surface area contributed by atoms with E-state index in [4.69, 9.17) is 9.26 Å². The van der Waals surface area contributed by atoms with Crippen LogP contribution >= 0.6 is 0 Å². The molecule has 20 heavy (non-hydrogen) atoms. The first-order valence-corrected chi connectivity index (χ1v) is 6.13. The van der Waals surface area contributed by atoms with Crippen molar-refractivity contribution in [2.75, 3.05) is 13.7 Å². The normalized spacial score (nSPS) is 11.9. The fourth-order valence-electron chi connectivity index (χ4n) is 1.69. The molecule has 0 aliphatic rings. The standard InChI is InChI=1S/C14H16N2O4/c1-9-7-13(20-16-9)14(18)15-8-12(17)10-3-5-11(19-2)6-4-10/h3-7,12,17H,8H2,1-2H3,(H,15,18). The summed E-state index contributed by atoms with van der Waals surface area (Å²) in [4.78, 5) is 11.7. The van der Waals surface area contributed by atoms with E-state index in [1.54, 1.807) is 38.3 Å². The van der Waals surface area contributed by atoms with Crippen LogP contribution in [-0.2, 0) is 0 Å². The number of rotatable bonds is 5. The molecule has 2 N–H and O–H groups in total. The fourth-order valence-corrected chi connectivity index (χ4v) is 1.69. The first-order valence-electron chi connectivity index (χ1n) is 6.13. The zero-order valence-electron chi connectivity index (χ0n) is 11.3. The smallest absolute Gasteiger partial charge is 0.290 e. The Labute approximate surface area is 116 Å². The van der Waals surface area contributed by atoms with E-state index in [2.05, 4.69) is 10.5 Å². The number of amides is 1. The second-order valence-electron chi connectivity index (χ2n) is 4.33. The van der Waals surface area contributed by atoms with Crippen molar-refractivity contribution in [2.24, 2.45) is 0 Å². The number of nitrogens with zero attached hydrogens (tertiary/aromatic N) is 1. The maximum Gasteiger partial charge on any atom is 0.290 e. The van der Waals surface area contributed by atoms with Gasteiger partial charge in [0.15, 0.2) is 0 Å². The molecular weight excluding hydrogens is 260 g/mol. The van der Waals surface area contributed by atoms with Crippen molar-refractivity contribution in [1.82, 2.24) is 10.5 Å². The lowest BCUT2D eigenvalue weighted by molar-refractivity contribution is 0.0880. The minimum atomic E-state index is -0.797. The average Bonchev–Trinajstić information content (AvgIpc) is 2.91. The number of aliphatic hydroxyl groups excluding tert-OH is 1. The molecule has 0 radical (unpaired) electrons. The quantitative estimate of drug-likeness (QED) is 0.863. The number of carbonyl (C=O) groups excluding carboxylic acids is 1. The molecular formula is C14H16N2O4. The van der Waals surface area contributed by atoms with Crippen LogP contribution in [-0.4, -0.2) is 29.8 Å². The third-order valence-electron chi connectivity index (χ3n) is 2.81. The van der Waals surface area contributed by atoms with Gasteiger partial charge in [-0.2, -0.15) is 0 Å². The SMILES string of the molecule is COc1ccc(C(O)CNC(=O)c2cc(C)no2)cc1. The third kappa shape index (κ3) is 3.36. The lowest BCUT2D eigenvalue weighted by Gasteiger charge is -2.12. The number of nitrogens with one attached hydrogen (secondary N) is 1. The van der Waals surface area contributed by atoms with Gasteiger partial charge in [-0.3, -0.25) is 4.79 Å². The number of aromatic nitrogens is 1. The van der Waals surface area contributed by atoms with E-state index >= 15 is 0 Å². The van der Waals surface area contributed by atoms with E-state index in [1.165, 1.54) is 6.07 Å². The van der Waals surface area contributed by atoms with Crippen molar-refractivity contribution in [1.29, 1.82) is 0 Å². The molecule has 0 saturated carbocycles. The summed E-state index contributed by atoms with van der Waals surface area (Å²) in [5, 5.41) is 16.2. The van der Waals surface area contributed by atoms with Crippen molar-refractivity contribution in [2.45, 2.75) is 13.0 Å². The first-order chi connectivity index (χ1) is 9.60. The molecule has 2 rings (SSSR count). The molecule has 0 fully saturated rings. The molecule has 0 saturated heterocycles. The molecule has 0 aliphatic heterocycles. The Morgan fingerprint density at radius 1 is 1.45 bits per heavy atom. The molecule has 1 unspecified atom stereocenters. The Morgan fingerprint density at radius 2 is 2.15 bits per heavy atom. The molecule has 1 aromatic heterocycles. The molecule has 1 aromatic carbocycles. The van der Waals surface area contributed by atoms with Crippen LogP contribution in [0.1, 0.15) is 27.9 Å². The summed E-state index contributed by atoms with van der Waals surface area (Å²) < 4.78 is 9.87. The average molecular weight is 276 g/mol. The van der Waals surface area contributed by atoms with Gasteiger partial charge >= 0.3 is 0 Å². The van der Waals surface area contributed by atoms with Crippen LogP contribution in [0.4, 0.5) is 0 Å². The number of aliphatic hydroxyl groups is 1. The Hall–Kier alpha value is -2.34. The van der Waals surface area contributed by atoms with Crippen LogP contribution < -0.4 is 10.1 Å². The van der Waals surface area contributed by atoms with E-state index in [0.717, 1.165) is 0 Å². The fraction of sp³-hybridized carbons (Fsp3) is 0.286. The van der Waals surface area contributed by atoms with Gasteiger partial charge in [0.05, 0.1) is 18.9 Å². The topological polar surface area (TPSA) is 84.6 Å². The molecule has 0 spiro atoms. The summed E-state index contributed by atoms with van der Waals surface area (Å²) in [6, 6.07) is 8.53. The zero-order valence-corrected chi connectivity index (χ0v) is 11.3. The first kappa shape index (κ1) is 14.1. The van der Waals surface area contributed by atoms with Crippen molar-refractivity contribution in [3.63, 3.8) is 0 Å². The van der Waals surface area contributed by atoms with Gasteiger partial charge in [-0.25, -0.2) is 0 Å². The van der Waals surface area contributed by atoms with Crippen LogP contribution in [0.25, 0.3) is 0 Å². The van der Waals surface area contributed by atoms with E-state index < -0.39 is 12.0 Å². The lowest BCUT2D eigenvalue weighted by atomic mass is 10.1. The van der Waals surface area contributed by atoms with Gasteiger partial charge in [0.2, 0.25) is 5.76 Å². The van der Waals surface area contributed by atoms with Gasteiger partial charge in [0.1, 0.15) is 5.75 Å². The summed E-state index contributed by atoms with van der Waals surface area (Å²) in [5.74, 6) is 0.435. The number of benzene rings is 1. The zero-order chi connectivity index (χ0) is 14.5. The van der Waals surface area contributed by atoms with Crippen LogP contribution in [0, 0.1) is 6.92 Å². The van der Waals surface area contributed by atoms with Gasteiger partial charge in [0.25, 0.3) is 5.91 Å². The second-order valence-corrected chi connectivity index (χ2v) is 4.33. The number of ether oxygens (including phenoxy) is 1. The van der Waals surface area contributed by atoms with Gasteiger partial charge in [-0.05, 0) is 24.6 Å². The molecule has 6 nitrogen and oxygen atoms in total. The van der Waals surface area contributed by atoms with E-state index in [1.807, 2.05) is 0 Å². The highest BCUT2D eigenvalue weighted by Gasteiger charge is 2.14. The predicted molar refractivity (Wildman–Crippen MR) is 71.5 cm³/mol. The monoisotopic (exact) mass is 276 g/mol. The molecule has 1 heterocycles. The summed E-state index contributed by atoms with van der Waals surface area (Å²) >= 11 is 0. The van der Waals surface area contributed by atoms with Crippen LogP contribution in [0.5, 0.6) is 5.75 Å². The summed E-state index contributed by atoms with van der Waals surface area (Å²) in [7, 11) is 1.57. The van der Waals surface area contributed by atoms with Gasteiger partial charge in [-0.15, -0.1) is 0 Å². The third-order valence-corrected chi connectivity index (χ3v) is 2.81. The number of hydrogen-bond acceptors (Lipinski definition) is 5. The maximum absolute atomic E-state index is 11.7. The molecule has 1 atom stereocenters. The largest absolute Gasteiger partial charge is 0.497 e. The Balaban J connectivity index is 1.91. The van der Waals surface area contributed by atoms with Crippen molar-refractivity contribution in [3.8, 4) is 5.75 Å². The molecule has 0 bridgehead atoms. The molecule has 106 valence electrons. The summed E-state index contributed by atoms with van der Waals surface area (Å²) in [5.41, 5.74) is 1.32. The number of hydrogen-bond donors (Lipinski definition) is 2. The van der Waals surface area contributed by atoms with Gasteiger partial charge < -0.3 is 19.7 Å². The van der Waals surface area contributed by atoms with Crippen molar-refractivity contribution < 1.29 is 19.2 Å². The molecule has 1 amide bonds. The molecule has 0 aliphatic carbocycles. The van der Waals surface area contributed by atoms with E-state index in [-0.39, 0.29) is 12.3 Å². The van der Waals surface area contributed by atoms with Crippen molar-refractivity contribution >= 4 is 5.91 Å². The lowest BCUT2D eigenvalue weighted by Crippen LogP contribution is -2.28. The second kappa shape index (κ2) is 6.21. The number of methoxy groups -OCH3 is 1. The highest BCUT2D eigenvalue weighted by molar-refractivity contribution is 5.91. The van der Waals surface area contributed by atoms with Gasteiger partial charge in [0, 0.05) is 12.6 Å². The number of carbonyl (C=O) groups is 1. The molecule has 6 heteroatoms. The Bertz CT molecular complexity index is 577. The minimum Gasteiger partial charge on any atom is -0.497 e. The minimum absolute atomic E-state index is 0.0882. The molecule has 2 aromatic rings. The predicted octanol–water partition coefficient (Wildman–Crippen LogP) is 1.46.